The van der Waals surface area contributed by atoms with Gasteiger partial charge in [-0.25, -0.2) is 0 Å². The average molecular weight is 214 g/mol. The van der Waals surface area contributed by atoms with Crippen LogP contribution in [0.15, 0.2) is 0 Å². The van der Waals surface area contributed by atoms with Crippen LogP contribution in [0.4, 0.5) is 0 Å². The molecule has 82 valence electrons. The van der Waals surface area contributed by atoms with Crippen LogP contribution in [0.5, 0.6) is 0 Å². The van der Waals surface area contributed by atoms with Gasteiger partial charge in [-0.2, -0.15) is 0 Å². The van der Waals surface area contributed by atoms with Crippen LogP contribution in [0.3, 0.4) is 0 Å². The molecule has 0 radical (unpaired) electrons. The highest BCUT2D eigenvalue weighted by Crippen LogP contribution is 2.26. The van der Waals surface area contributed by atoms with Gasteiger partial charge in [-0.1, -0.05) is 6.42 Å². The van der Waals surface area contributed by atoms with Gasteiger partial charge in [0.05, 0.1) is 6.10 Å². The van der Waals surface area contributed by atoms with Crippen molar-refractivity contribution in [3.8, 4) is 0 Å². The molecule has 1 rings (SSSR count). The maximum Gasteiger partial charge on any atom is 0.184 e. The van der Waals surface area contributed by atoms with Crippen LogP contribution in [0, 0.1) is 5.92 Å². The molecule has 1 aliphatic rings. The maximum atomic E-state index is 11.7. The topological polar surface area (TPSA) is 26.3 Å². The van der Waals surface area contributed by atoms with Gasteiger partial charge in [0, 0.05) is 12.3 Å². The molecule has 3 heteroatoms. The Kier molecular flexibility index (Phi) is 3.90. The summed E-state index contributed by atoms with van der Waals surface area (Å²) >= 11 is 0. The third-order valence-electron chi connectivity index (χ3n) is 2.71. The highest BCUT2D eigenvalue weighted by atomic mass is 28.4. The lowest BCUT2D eigenvalue weighted by atomic mass is 9.85. The molecule has 0 aliphatic heterocycles. The first-order chi connectivity index (χ1) is 6.40. The van der Waals surface area contributed by atoms with E-state index in [9.17, 15) is 4.79 Å². The van der Waals surface area contributed by atoms with Gasteiger partial charge >= 0.3 is 0 Å². The van der Waals surface area contributed by atoms with Crippen LogP contribution < -0.4 is 0 Å². The van der Waals surface area contributed by atoms with Crippen LogP contribution in [-0.4, -0.2) is 20.2 Å². The lowest BCUT2D eigenvalue weighted by molar-refractivity contribution is -0.127. The normalized spacial score (nSPS) is 26.3. The first kappa shape index (κ1) is 11.9. The second-order valence-corrected chi connectivity index (χ2v) is 9.71. The zero-order chi connectivity index (χ0) is 10.8. The van der Waals surface area contributed by atoms with E-state index in [0.717, 1.165) is 19.3 Å². The predicted octanol–water partition coefficient (Wildman–Crippen LogP) is 2.99. The maximum absolute atomic E-state index is 11.7. The predicted molar refractivity (Wildman–Crippen MR) is 60.9 cm³/mol. The number of Topliss-reactive ketones (excluding diaryl/α,β-unsaturated/α-hetero) is 1. The molecule has 1 saturated carbocycles. The Labute approximate surface area is 88.2 Å². The molecule has 0 aromatic rings. The van der Waals surface area contributed by atoms with E-state index >= 15 is 0 Å². The van der Waals surface area contributed by atoms with Crippen LogP contribution in [0.1, 0.15) is 32.6 Å². The fraction of sp³-hybridized carbons (Fsp3) is 0.909. The van der Waals surface area contributed by atoms with Crippen molar-refractivity contribution < 1.29 is 9.22 Å². The molecule has 14 heavy (non-hydrogen) atoms. The van der Waals surface area contributed by atoms with Gasteiger partial charge in [-0.05, 0) is 39.4 Å². The molecular formula is C11H22O2Si. The van der Waals surface area contributed by atoms with Gasteiger partial charge in [0.1, 0.15) is 5.78 Å². The van der Waals surface area contributed by atoms with E-state index in [1.54, 1.807) is 0 Å². The summed E-state index contributed by atoms with van der Waals surface area (Å²) in [6, 6.07) is 0. The quantitative estimate of drug-likeness (QED) is 0.675. The highest BCUT2D eigenvalue weighted by Gasteiger charge is 2.30. The number of carbonyl (C=O) groups is 1. The molecule has 0 N–H and O–H groups in total. The van der Waals surface area contributed by atoms with Gasteiger partial charge in [0.15, 0.2) is 8.32 Å². The summed E-state index contributed by atoms with van der Waals surface area (Å²) in [5.74, 6) is 0.595. The van der Waals surface area contributed by atoms with Crippen molar-refractivity contribution in [2.45, 2.75) is 58.4 Å². The first-order valence-corrected chi connectivity index (χ1v) is 9.01. The summed E-state index contributed by atoms with van der Waals surface area (Å²) in [4.78, 5) is 11.7. The van der Waals surface area contributed by atoms with E-state index in [0.29, 0.717) is 5.78 Å². The molecule has 0 amide bonds. The van der Waals surface area contributed by atoms with Crippen molar-refractivity contribution in [2.24, 2.45) is 5.92 Å². The van der Waals surface area contributed by atoms with Crippen molar-refractivity contribution in [3.63, 3.8) is 0 Å². The van der Waals surface area contributed by atoms with Crippen molar-refractivity contribution in [1.29, 1.82) is 0 Å². The Hall–Kier alpha value is -0.153. The molecule has 1 fully saturated rings. The fourth-order valence-electron chi connectivity index (χ4n) is 2.15. The third kappa shape index (κ3) is 3.54. The Morgan fingerprint density at radius 1 is 1.36 bits per heavy atom. The molecule has 0 spiro atoms. The largest absolute Gasteiger partial charge is 0.414 e. The zero-order valence-corrected chi connectivity index (χ0v) is 10.8. The van der Waals surface area contributed by atoms with Gasteiger partial charge in [0.2, 0.25) is 0 Å². The molecular weight excluding hydrogens is 192 g/mol. The molecule has 0 bridgehead atoms. The number of rotatable bonds is 3. The summed E-state index contributed by atoms with van der Waals surface area (Å²) in [6.45, 7) is 8.59. The first-order valence-electron chi connectivity index (χ1n) is 5.61. The summed E-state index contributed by atoms with van der Waals surface area (Å²) in [5.41, 5.74) is 0. The van der Waals surface area contributed by atoms with Gasteiger partial charge in [0.25, 0.3) is 0 Å². The van der Waals surface area contributed by atoms with Crippen LogP contribution >= 0.6 is 0 Å². The standard InChI is InChI=1S/C11H22O2Si/c1-9(13-14(2,3)4)10-7-5-6-8-11(10)12/h9-10H,5-8H2,1-4H3. The van der Waals surface area contributed by atoms with Gasteiger partial charge in [-0.15, -0.1) is 0 Å². The summed E-state index contributed by atoms with van der Waals surface area (Å²) in [7, 11) is -1.49. The zero-order valence-electron chi connectivity index (χ0n) is 9.80. The SMILES string of the molecule is CC(O[Si](C)(C)C)C1CCCCC1=O. The van der Waals surface area contributed by atoms with E-state index in [-0.39, 0.29) is 12.0 Å². The molecule has 0 heterocycles. The minimum atomic E-state index is -1.49. The number of carbonyl (C=O) groups excluding carboxylic acids is 1. The fourth-order valence-corrected chi connectivity index (χ4v) is 3.43. The van der Waals surface area contributed by atoms with Crippen molar-refractivity contribution in [3.05, 3.63) is 0 Å². The van der Waals surface area contributed by atoms with Crippen molar-refractivity contribution >= 4 is 14.1 Å². The van der Waals surface area contributed by atoms with Crippen LogP contribution in [-0.2, 0) is 9.22 Å². The Bertz CT molecular complexity index is 208. The Morgan fingerprint density at radius 3 is 2.50 bits per heavy atom. The lowest BCUT2D eigenvalue weighted by Gasteiger charge is -2.31. The minimum Gasteiger partial charge on any atom is -0.414 e. The van der Waals surface area contributed by atoms with E-state index in [2.05, 4.69) is 26.6 Å². The number of hydrogen-bond acceptors (Lipinski definition) is 2. The van der Waals surface area contributed by atoms with Gasteiger partial charge < -0.3 is 4.43 Å². The molecule has 2 nitrogen and oxygen atoms in total. The van der Waals surface area contributed by atoms with Gasteiger partial charge in [-0.3, -0.25) is 4.79 Å². The molecule has 2 atom stereocenters. The highest BCUT2D eigenvalue weighted by molar-refractivity contribution is 6.69. The monoisotopic (exact) mass is 214 g/mol. The second-order valence-electron chi connectivity index (χ2n) is 5.25. The Balaban J connectivity index is 2.50. The second kappa shape index (κ2) is 4.58. The van der Waals surface area contributed by atoms with E-state index < -0.39 is 8.32 Å². The molecule has 0 aromatic heterocycles. The van der Waals surface area contributed by atoms with E-state index in [4.69, 9.17) is 4.43 Å². The Morgan fingerprint density at radius 2 is 2.00 bits per heavy atom. The molecule has 2 unspecified atom stereocenters. The lowest BCUT2D eigenvalue weighted by Crippen LogP contribution is -2.38. The van der Waals surface area contributed by atoms with E-state index in [1.807, 2.05) is 0 Å². The smallest absolute Gasteiger partial charge is 0.184 e. The van der Waals surface area contributed by atoms with Crippen LogP contribution in [0.25, 0.3) is 0 Å². The number of hydrogen-bond donors (Lipinski definition) is 0. The minimum absolute atomic E-state index is 0.134. The summed E-state index contributed by atoms with van der Waals surface area (Å²) in [5, 5.41) is 0. The van der Waals surface area contributed by atoms with Crippen molar-refractivity contribution in [2.75, 3.05) is 0 Å². The molecule has 1 aliphatic carbocycles. The van der Waals surface area contributed by atoms with Crippen LogP contribution in [0.2, 0.25) is 19.6 Å². The number of ketones is 1. The summed E-state index contributed by atoms with van der Waals surface area (Å²) in [6.07, 6.45) is 4.20. The molecule has 0 aromatic carbocycles. The van der Waals surface area contributed by atoms with E-state index in [1.165, 1.54) is 6.42 Å². The van der Waals surface area contributed by atoms with Crippen molar-refractivity contribution in [1.82, 2.24) is 0 Å². The summed E-state index contributed by atoms with van der Waals surface area (Å²) < 4.78 is 5.97. The molecule has 0 saturated heterocycles. The third-order valence-corrected chi connectivity index (χ3v) is 3.79. The average Bonchev–Trinajstić information content (AvgIpc) is 2.01.